The molecule has 1 heterocycles. The lowest BCUT2D eigenvalue weighted by Gasteiger charge is -2.36. The number of ether oxygens (including phenoxy) is 3. The number of aryl methyl sites for hydroxylation is 1. The summed E-state index contributed by atoms with van der Waals surface area (Å²) in [7, 11) is 1.26. The van der Waals surface area contributed by atoms with E-state index in [9.17, 15) is 4.79 Å². The van der Waals surface area contributed by atoms with Crippen LogP contribution >= 0.6 is 11.3 Å². The highest BCUT2D eigenvalue weighted by Crippen LogP contribution is 2.44. The van der Waals surface area contributed by atoms with E-state index >= 15 is 0 Å². The molecule has 0 N–H and O–H groups in total. The van der Waals surface area contributed by atoms with E-state index in [-0.39, 0.29) is 17.1 Å². The lowest BCUT2D eigenvalue weighted by Crippen LogP contribution is -2.41. The first-order valence-electron chi connectivity index (χ1n) is 17.8. The van der Waals surface area contributed by atoms with E-state index < -0.39 is 8.32 Å². The van der Waals surface area contributed by atoms with Gasteiger partial charge < -0.3 is 18.6 Å². The minimum atomic E-state index is -1.88. The quantitative estimate of drug-likeness (QED) is 0.0755. The van der Waals surface area contributed by atoms with Crippen LogP contribution in [0.3, 0.4) is 0 Å². The molecule has 5 nitrogen and oxygen atoms in total. The molecule has 1 aliphatic carbocycles. The summed E-state index contributed by atoms with van der Waals surface area (Å²) in [6.45, 7) is 15.2. The van der Waals surface area contributed by atoms with Crippen molar-refractivity contribution in [3.05, 3.63) is 92.7 Å². The van der Waals surface area contributed by atoms with Crippen LogP contribution in [0.25, 0.3) is 5.57 Å². The molecule has 1 unspecified atom stereocenters. The van der Waals surface area contributed by atoms with Crippen LogP contribution in [0, 0.1) is 5.92 Å². The van der Waals surface area contributed by atoms with Gasteiger partial charge in [0, 0.05) is 4.88 Å². The van der Waals surface area contributed by atoms with Gasteiger partial charge in [-0.1, -0.05) is 83.4 Å². The Kier molecular flexibility index (Phi) is 14.1. The van der Waals surface area contributed by atoms with Crippen LogP contribution in [-0.2, 0) is 26.9 Å². The molecule has 4 rings (SSSR count). The summed E-state index contributed by atoms with van der Waals surface area (Å²) in [6, 6.07) is 21.4. The number of unbranched alkanes of at least 4 members (excludes halogenated alkanes) is 2. The predicted molar refractivity (Wildman–Crippen MR) is 202 cm³/mol. The fraction of sp³-hybridized carbons (Fsp3) is 0.537. The molecule has 1 aliphatic rings. The molecule has 0 spiro atoms. The Balaban J connectivity index is 1.52. The monoisotopic (exact) mass is 690 g/mol. The van der Waals surface area contributed by atoms with Crippen molar-refractivity contribution in [2.24, 2.45) is 5.92 Å². The van der Waals surface area contributed by atoms with Gasteiger partial charge >= 0.3 is 5.97 Å². The van der Waals surface area contributed by atoms with Gasteiger partial charge in [-0.2, -0.15) is 0 Å². The molecule has 0 bridgehead atoms. The molecule has 0 radical (unpaired) electrons. The molecule has 262 valence electrons. The summed E-state index contributed by atoms with van der Waals surface area (Å²) in [5, 5.41) is 0.176. The zero-order valence-electron chi connectivity index (χ0n) is 30.7. The number of hydrogen-bond acceptors (Lipinski definition) is 6. The van der Waals surface area contributed by atoms with Gasteiger partial charge in [-0.15, -0.1) is 11.3 Å². The van der Waals surface area contributed by atoms with Crippen LogP contribution in [0.1, 0.15) is 116 Å². The van der Waals surface area contributed by atoms with Crippen molar-refractivity contribution in [3.63, 3.8) is 0 Å². The Labute approximate surface area is 295 Å². The average molecular weight is 691 g/mol. The van der Waals surface area contributed by atoms with Crippen molar-refractivity contribution in [2.45, 2.75) is 116 Å². The van der Waals surface area contributed by atoms with Crippen molar-refractivity contribution < 1.29 is 23.4 Å². The Bertz CT molecular complexity index is 1470. The topological polar surface area (TPSA) is 54.0 Å². The Morgan fingerprint density at radius 3 is 2.31 bits per heavy atom. The minimum absolute atomic E-state index is 0.0584. The molecule has 48 heavy (non-hydrogen) atoms. The third-order valence-electron chi connectivity index (χ3n) is 10.3. The molecule has 0 saturated carbocycles. The van der Waals surface area contributed by atoms with E-state index in [1.165, 1.54) is 47.1 Å². The number of hydrogen-bond donors (Lipinski definition) is 0. The summed E-state index contributed by atoms with van der Waals surface area (Å²) in [5.74, 6) is 1.11. The van der Waals surface area contributed by atoms with Gasteiger partial charge in [-0.05, 0) is 115 Å². The van der Waals surface area contributed by atoms with Gasteiger partial charge in [-0.3, -0.25) is 0 Å². The van der Waals surface area contributed by atoms with Gasteiger partial charge in [0.15, 0.2) is 8.32 Å². The smallest absolute Gasteiger partial charge is 0.348 e. The molecule has 2 atom stereocenters. The number of thiophene rings is 1. The molecule has 3 aromatic rings. The van der Waals surface area contributed by atoms with E-state index in [0.717, 1.165) is 62.9 Å². The lowest BCUT2D eigenvalue weighted by atomic mass is 9.88. The van der Waals surface area contributed by atoms with Crippen molar-refractivity contribution >= 4 is 31.2 Å². The van der Waals surface area contributed by atoms with Crippen LogP contribution in [0.15, 0.2) is 66.2 Å². The molecule has 0 aliphatic heterocycles. The molecule has 7 heteroatoms. The molecule has 0 amide bonds. The highest BCUT2D eigenvalue weighted by Gasteiger charge is 2.38. The van der Waals surface area contributed by atoms with Gasteiger partial charge in [0.2, 0.25) is 0 Å². The zero-order valence-corrected chi connectivity index (χ0v) is 32.5. The second-order valence-corrected chi connectivity index (χ2v) is 20.7. The van der Waals surface area contributed by atoms with E-state index in [1.54, 1.807) is 18.4 Å². The molecule has 0 saturated heterocycles. The van der Waals surface area contributed by atoms with Crippen molar-refractivity contribution in [2.75, 3.05) is 20.8 Å². The third-order valence-corrected chi connectivity index (χ3v) is 15.9. The maximum Gasteiger partial charge on any atom is 0.348 e. The molecule has 1 aromatic heterocycles. The third kappa shape index (κ3) is 10.4. The van der Waals surface area contributed by atoms with Gasteiger partial charge in [0.1, 0.15) is 10.6 Å². The second-order valence-electron chi connectivity index (χ2n) is 14.7. The Morgan fingerprint density at radius 1 is 0.938 bits per heavy atom. The van der Waals surface area contributed by atoms with Gasteiger partial charge in [-0.25, -0.2) is 4.79 Å². The van der Waals surface area contributed by atoms with Crippen molar-refractivity contribution in [3.8, 4) is 5.75 Å². The highest BCUT2D eigenvalue weighted by atomic mass is 32.1. The SMILES string of the molecule is CCCCCC(OCc1ccc(OC)cc1)c1ccc(C2=C(CO[Si](C)(C)C(C)(C)C)CC[C@@H]2CCCc2ccc(C(=O)OC)s2)cc1. The van der Waals surface area contributed by atoms with Crippen LogP contribution in [0.2, 0.25) is 18.1 Å². The summed E-state index contributed by atoms with van der Waals surface area (Å²) < 4.78 is 23.6. The first-order valence-corrected chi connectivity index (χ1v) is 21.6. The van der Waals surface area contributed by atoms with Crippen molar-refractivity contribution in [1.82, 2.24) is 0 Å². The van der Waals surface area contributed by atoms with Crippen LogP contribution in [0.5, 0.6) is 5.75 Å². The maximum absolute atomic E-state index is 12.0. The maximum atomic E-state index is 12.0. The number of allylic oxidation sites excluding steroid dienone is 1. The molecular weight excluding hydrogens is 633 g/mol. The van der Waals surface area contributed by atoms with E-state index in [0.29, 0.717) is 17.4 Å². The summed E-state index contributed by atoms with van der Waals surface area (Å²) >= 11 is 1.55. The first-order chi connectivity index (χ1) is 23.0. The lowest BCUT2D eigenvalue weighted by molar-refractivity contribution is 0.0322. The highest BCUT2D eigenvalue weighted by molar-refractivity contribution is 7.13. The fourth-order valence-electron chi connectivity index (χ4n) is 6.25. The first kappa shape index (κ1) is 38.1. The van der Waals surface area contributed by atoms with E-state index in [2.05, 4.69) is 83.3 Å². The molecule has 0 fully saturated rings. The zero-order chi connectivity index (χ0) is 34.7. The summed E-state index contributed by atoms with van der Waals surface area (Å²) in [4.78, 5) is 13.9. The normalized spacial score (nSPS) is 16.0. The molecule has 2 aromatic carbocycles. The van der Waals surface area contributed by atoms with Crippen LogP contribution in [0.4, 0.5) is 0 Å². The molecular formula is C41H58O5SSi. The predicted octanol–water partition coefficient (Wildman–Crippen LogP) is 11.6. The number of esters is 1. The Hall–Kier alpha value is -2.71. The fourth-order valence-corrected chi connectivity index (χ4v) is 8.18. The van der Waals surface area contributed by atoms with Crippen molar-refractivity contribution in [1.29, 1.82) is 0 Å². The second kappa shape index (κ2) is 17.8. The summed E-state index contributed by atoms with van der Waals surface area (Å²) in [5.41, 5.74) is 6.68. The standard InChI is InChI=1S/C41H58O5SSi/c1-9-10-11-15-37(45-28-30-16-24-35(43-5)25-17-30)31-18-20-33(21-19-31)39-32(13-12-14-36-26-27-38(47-36)40(42)44-6)22-23-34(39)29-46-48(7,8)41(2,3)4/h16-21,24-27,32,37H,9-15,22-23,28-29H2,1-8H3/t32-,37?/m0/s1. The average Bonchev–Trinajstić information content (AvgIpc) is 3.72. The number of carbonyl (C=O) groups excluding carboxylic acids is 1. The largest absolute Gasteiger partial charge is 0.497 e. The van der Waals surface area contributed by atoms with E-state index in [4.69, 9.17) is 18.6 Å². The number of benzene rings is 2. The summed E-state index contributed by atoms with van der Waals surface area (Å²) in [6.07, 6.45) is 10.1. The number of carbonyl (C=O) groups is 1. The van der Waals surface area contributed by atoms with E-state index in [1.807, 2.05) is 18.2 Å². The van der Waals surface area contributed by atoms with Crippen LogP contribution < -0.4 is 4.74 Å². The number of methoxy groups -OCH3 is 2. The number of rotatable bonds is 18. The Morgan fingerprint density at radius 2 is 1.67 bits per heavy atom. The van der Waals surface area contributed by atoms with Gasteiger partial charge in [0.05, 0.1) is 33.5 Å². The van der Waals surface area contributed by atoms with Gasteiger partial charge in [0.25, 0.3) is 0 Å². The van der Waals surface area contributed by atoms with Crippen LogP contribution in [-0.4, -0.2) is 35.1 Å². The minimum Gasteiger partial charge on any atom is -0.497 e.